The van der Waals surface area contributed by atoms with E-state index in [-0.39, 0.29) is 24.2 Å². The van der Waals surface area contributed by atoms with Crippen molar-refractivity contribution in [1.29, 1.82) is 0 Å². The molecule has 238 valence electrons. The Bertz CT molecular complexity index is 866. The number of allylic oxidation sites excluding steroid dienone is 5. The Balaban J connectivity index is 0. The van der Waals surface area contributed by atoms with Crippen LogP contribution in [-0.4, -0.2) is 80.7 Å². The van der Waals surface area contributed by atoms with Gasteiger partial charge in [0.05, 0.1) is 18.1 Å². The Morgan fingerprint density at radius 3 is 2.10 bits per heavy atom. The van der Waals surface area contributed by atoms with Crippen molar-refractivity contribution in [2.24, 2.45) is 5.41 Å². The fourth-order valence-electron chi connectivity index (χ4n) is 3.93. The van der Waals surface area contributed by atoms with E-state index in [1.807, 2.05) is 71.8 Å². The van der Waals surface area contributed by atoms with Crippen LogP contribution in [0, 0.1) is 12.3 Å². The Hall–Kier alpha value is -2.16. The minimum Gasteiger partial charge on any atom is -0.493 e. The highest BCUT2D eigenvalue weighted by molar-refractivity contribution is 5.43. The van der Waals surface area contributed by atoms with Gasteiger partial charge in [-0.05, 0) is 82.8 Å². The number of hydrogen-bond acceptors (Lipinski definition) is 7. The van der Waals surface area contributed by atoms with Gasteiger partial charge in [0.25, 0.3) is 0 Å². The number of nitrogens with zero attached hydrogens (tertiary/aromatic N) is 1. The molecule has 0 fully saturated rings. The quantitative estimate of drug-likeness (QED) is 0.0903. The van der Waals surface area contributed by atoms with Gasteiger partial charge >= 0.3 is 0 Å². The van der Waals surface area contributed by atoms with Crippen LogP contribution in [0.4, 0.5) is 0 Å². The van der Waals surface area contributed by atoms with Crippen LogP contribution >= 0.6 is 0 Å². The Labute approximate surface area is 251 Å². The van der Waals surface area contributed by atoms with Gasteiger partial charge < -0.3 is 34.4 Å². The van der Waals surface area contributed by atoms with E-state index in [9.17, 15) is 5.11 Å². The third-order valence-corrected chi connectivity index (χ3v) is 6.82. The van der Waals surface area contributed by atoms with Crippen molar-refractivity contribution in [2.75, 3.05) is 54.4 Å². The Morgan fingerprint density at radius 1 is 1.02 bits per heavy atom. The standard InChI is InChI=1S/C28H44O3.C5H13NO2.CH4O/c1-9-13-15-16-26(30-19-14-10-2)28(11-3,12-4)23-17-18-24(22(5)20-23)31-21-25(29)27(6,7)8;1-6(2)3-4-8-5-7;1-2/h9-10,13-14,16-18,20,25,29H,11-12,15,19,21H2,1-8H3;7H,3-5H2,1-2H3;2H,1H3/b13-9+,14-10-,26-16-;;. The van der Waals surface area contributed by atoms with Crippen molar-refractivity contribution >= 4 is 0 Å². The lowest BCUT2D eigenvalue weighted by atomic mass is 9.73. The van der Waals surface area contributed by atoms with Gasteiger partial charge in [0.1, 0.15) is 31.5 Å². The largest absolute Gasteiger partial charge is 0.493 e. The molecular formula is C34H61NO6. The molecule has 1 rings (SSSR count). The smallest absolute Gasteiger partial charge is 0.143 e. The van der Waals surface area contributed by atoms with E-state index < -0.39 is 6.10 Å². The van der Waals surface area contributed by atoms with Crippen molar-refractivity contribution < 1.29 is 29.5 Å². The third kappa shape index (κ3) is 16.2. The van der Waals surface area contributed by atoms with Crippen molar-refractivity contribution in [2.45, 2.75) is 86.2 Å². The van der Waals surface area contributed by atoms with Crippen LogP contribution in [0.2, 0.25) is 0 Å². The van der Waals surface area contributed by atoms with E-state index in [1.54, 1.807) is 0 Å². The van der Waals surface area contributed by atoms with E-state index in [1.165, 1.54) is 5.56 Å². The minimum absolute atomic E-state index is 0.173. The summed E-state index contributed by atoms with van der Waals surface area (Å²) in [7, 11) is 4.92. The number of aryl methyl sites for hydroxylation is 1. The summed E-state index contributed by atoms with van der Waals surface area (Å²) < 4.78 is 16.9. The van der Waals surface area contributed by atoms with Crippen LogP contribution in [0.15, 0.2) is 54.3 Å². The summed E-state index contributed by atoms with van der Waals surface area (Å²) in [6.45, 7) is 18.8. The third-order valence-electron chi connectivity index (χ3n) is 6.82. The second-order valence-electron chi connectivity index (χ2n) is 11.1. The summed E-state index contributed by atoms with van der Waals surface area (Å²) >= 11 is 0. The number of rotatable bonds is 16. The van der Waals surface area contributed by atoms with Crippen LogP contribution in [-0.2, 0) is 14.9 Å². The fourth-order valence-corrected chi connectivity index (χ4v) is 3.93. The first-order valence-corrected chi connectivity index (χ1v) is 14.7. The number of ether oxygens (including phenoxy) is 3. The fraction of sp³-hybridized carbons (Fsp3) is 0.647. The monoisotopic (exact) mass is 579 g/mol. The molecule has 1 atom stereocenters. The molecule has 0 spiro atoms. The van der Waals surface area contributed by atoms with Gasteiger partial charge in [-0.1, -0.05) is 71.1 Å². The first-order chi connectivity index (χ1) is 19.4. The Morgan fingerprint density at radius 2 is 1.63 bits per heavy atom. The normalized spacial score (nSPS) is 13.1. The summed E-state index contributed by atoms with van der Waals surface area (Å²) in [6, 6.07) is 6.41. The maximum Gasteiger partial charge on any atom is 0.143 e. The van der Waals surface area contributed by atoms with Crippen molar-refractivity contribution in [3.8, 4) is 5.75 Å². The maximum absolute atomic E-state index is 10.3. The summed E-state index contributed by atoms with van der Waals surface area (Å²) in [5, 5.41) is 25.5. The van der Waals surface area contributed by atoms with Gasteiger partial charge in [-0.2, -0.15) is 0 Å². The molecule has 7 nitrogen and oxygen atoms in total. The number of aliphatic hydroxyl groups excluding tert-OH is 3. The average molecular weight is 580 g/mol. The first-order valence-electron chi connectivity index (χ1n) is 14.7. The minimum atomic E-state index is -0.516. The molecule has 41 heavy (non-hydrogen) atoms. The average Bonchev–Trinajstić information content (AvgIpc) is 2.94. The highest BCUT2D eigenvalue weighted by atomic mass is 16.6. The highest BCUT2D eigenvalue weighted by Gasteiger charge is 2.35. The molecule has 0 aliphatic rings. The van der Waals surface area contributed by atoms with E-state index in [0.29, 0.717) is 13.2 Å². The summed E-state index contributed by atoms with van der Waals surface area (Å²) in [4.78, 5) is 2.00. The SMILES string of the molecule is C/C=C\CO/C(=C\C/C=C/C)C(CC)(CC)c1ccc(OCC(O)C(C)(C)C)c(C)c1.CN(C)CCOCO.CO. The lowest BCUT2D eigenvalue weighted by Crippen LogP contribution is -2.32. The molecule has 0 radical (unpaired) electrons. The molecule has 0 aliphatic heterocycles. The zero-order valence-electron chi connectivity index (χ0n) is 27.9. The molecule has 0 saturated heterocycles. The predicted octanol–water partition coefficient (Wildman–Crippen LogP) is 6.40. The molecule has 0 aliphatic carbocycles. The van der Waals surface area contributed by atoms with Crippen LogP contribution in [0.1, 0.15) is 78.9 Å². The van der Waals surface area contributed by atoms with E-state index in [2.05, 4.69) is 55.9 Å². The van der Waals surface area contributed by atoms with Crippen molar-refractivity contribution in [3.05, 3.63) is 65.5 Å². The molecule has 1 unspecified atom stereocenters. The van der Waals surface area contributed by atoms with Gasteiger partial charge in [-0.15, -0.1) is 0 Å². The van der Waals surface area contributed by atoms with E-state index >= 15 is 0 Å². The molecule has 0 saturated carbocycles. The number of likely N-dealkylation sites (N-methyl/N-ethyl adjacent to an activating group) is 1. The molecule has 0 bridgehead atoms. The molecule has 0 aromatic heterocycles. The maximum atomic E-state index is 10.3. The van der Waals surface area contributed by atoms with Crippen molar-refractivity contribution in [3.63, 3.8) is 0 Å². The second kappa shape index (κ2) is 23.4. The van der Waals surface area contributed by atoms with Gasteiger partial charge in [0.15, 0.2) is 0 Å². The summed E-state index contributed by atoms with van der Waals surface area (Å²) in [5.41, 5.74) is 1.93. The van der Waals surface area contributed by atoms with E-state index in [0.717, 1.165) is 50.0 Å². The molecule has 1 aromatic rings. The topological polar surface area (TPSA) is 91.6 Å². The predicted molar refractivity (Wildman–Crippen MR) is 172 cm³/mol. The zero-order chi connectivity index (χ0) is 31.9. The highest BCUT2D eigenvalue weighted by Crippen LogP contribution is 2.41. The van der Waals surface area contributed by atoms with Crippen LogP contribution in [0.5, 0.6) is 5.75 Å². The van der Waals surface area contributed by atoms with Crippen LogP contribution in [0.25, 0.3) is 0 Å². The van der Waals surface area contributed by atoms with Gasteiger partial charge in [-0.3, -0.25) is 0 Å². The Kier molecular flexibility index (Phi) is 23.4. The molecule has 0 heterocycles. The molecule has 7 heteroatoms. The van der Waals surface area contributed by atoms with Crippen LogP contribution in [0.3, 0.4) is 0 Å². The first kappa shape index (κ1) is 41.0. The van der Waals surface area contributed by atoms with Crippen molar-refractivity contribution in [1.82, 2.24) is 4.90 Å². The zero-order valence-corrected chi connectivity index (χ0v) is 27.9. The van der Waals surface area contributed by atoms with E-state index in [4.69, 9.17) is 19.7 Å². The number of aliphatic hydroxyl groups is 3. The molecule has 1 aromatic carbocycles. The van der Waals surface area contributed by atoms with Crippen LogP contribution < -0.4 is 4.74 Å². The van der Waals surface area contributed by atoms with Gasteiger partial charge in [0, 0.05) is 13.7 Å². The molecular weight excluding hydrogens is 518 g/mol. The van der Waals surface area contributed by atoms with Gasteiger partial charge in [-0.25, -0.2) is 0 Å². The summed E-state index contributed by atoms with van der Waals surface area (Å²) in [6.07, 6.45) is 12.7. The molecule has 0 amide bonds. The van der Waals surface area contributed by atoms with Gasteiger partial charge in [0.2, 0.25) is 0 Å². The number of benzene rings is 1. The molecule has 3 N–H and O–H groups in total. The lowest BCUT2D eigenvalue weighted by Gasteiger charge is -2.35. The number of hydrogen-bond donors (Lipinski definition) is 3. The lowest BCUT2D eigenvalue weighted by molar-refractivity contribution is -0.00616. The second-order valence-corrected chi connectivity index (χ2v) is 11.1. The summed E-state index contributed by atoms with van der Waals surface area (Å²) in [5.74, 6) is 1.85.